The number of carbonyl (C=O) groups is 1. The van der Waals surface area contributed by atoms with Crippen LogP contribution < -0.4 is 4.74 Å². The molecule has 2 unspecified atom stereocenters. The predicted molar refractivity (Wildman–Crippen MR) is 140 cm³/mol. The van der Waals surface area contributed by atoms with E-state index in [0.717, 1.165) is 28.2 Å². The Hall–Kier alpha value is -3.60. The van der Waals surface area contributed by atoms with Gasteiger partial charge in [-0.05, 0) is 42.2 Å². The summed E-state index contributed by atoms with van der Waals surface area (Å²) < 4.78 is 8.50. The van der Waals surface area contributed by atoms with E-state index in [2.05, 4.69) is 55.7 Å². The van der Waals surface area contributed by atoms with Crippen LogP contribution in [0.1, 0.15) is 62.0 Å². The van der Waals surface area contributed by atoms with Crippen molar-refractivity contribution in [1.82, 2.24) is 14.5 Å². The van der Waals surface area contributed by atoms with Gasteiger partial charge in [0.25, 0.3) is 0 Å². The first-order valence-electron chi connectivity index (χ1n) is 12.5. The fraction of sp³-hybridized carbons (Fsp3) is 0.333. The second-order valence-electron chi connectivity index (χ2n) is 9.69. The maximum Gasteiger partial charge on any atom is 0.223 e. The number of nitrogens with zero attached hydrogens (tertiary/aromatic N) is 3. The number of para-hydroxylation sites is 3. The summed E-state index contributed by atoms with van der Waals surface area (Å²) in [5.41, 5.74) is 4.43. The van der Waals surface area contributed by atoms with E-state index in [1.807, 2.05) is 53.4 Å². The molecule has 4 aromatic rings. The lowest BCUT2D eigenvalue weighted by Crippen LogP contribution is -2.28. The molecule has 2 atom stereocenters. The second kappa shape index (κ2) is 9.95. The van der Waals surface area contributed by atoms with E-state index in [0.29, 0.717) is 32.0 Å². The molecule has 1 aliphatic heterocycles. The topological polar surface area (TPSA) is 47.4 Å². The van der Waals surface area contributed by atoms with Crippen molar-refractivity contribution in [1.29, 1.82) is 0 Å². The van der Waals surface area contributed by atoms with E-state index in [1.54, 1.807) is 0 Å². The third-order valence-electron chi connectivity index (χ3n) is 7.07. The molecule has 1 aromatic heterocycles. The molecule has 5 rings (SSSR count). The summed E-state index contributed by atoms with van der Waals surface area (Å²) in [6.07, 6.45) is 0.484. The molecule has 180 valence electrons. The molecular formula is C30H33N3O2. The average molecular weight is 468 g/mol. The Morgan fingerprint density at radius 1 is 0.943 bits per heavy atom. The number of likely N-dealkylation sites (tertiary alicyclic amines) is 1. The quantitative estimate of drug-likeness (QED) is 0.305. The van der Waals surface area contributed by atoms with Gasteiger partial charge < -0.3 is 14.2 Å². The fourth-order valence-corrected chi connectivity index (χ4v) is 5.17. The van der Waals surface area contributed by atoms with Crippen LogP contribution in [0, 0.1) is 0 Å². The highest BCUT2D eigenvalue weighted by Gasteiger charge is 2.36. The third kappa shape index (κ3) is 4.68. The zero-order chi connectivity index (χ0) is 24.4. The van der Waals surface area contributed by atoms with Crippen LogP contribution in [-0.2, 0) is 11.3 Å². The molecule has 0 spiro atoms. The van der Waals surface area contributed by atoms with E-state index in [1.165, 1.54) is 5.56 Å². The molecule has 1 saturated heterocycles. The Bertz CT molecular complexity index is 1310. The Kier molecular flexibility index (Phi) is 6.58. The molecule has 5 nitrogen and oxygen atoms in total. The van der Waals surface area contributed by atoms with E-state index >= 15 is 0 Å². The Morgan fingerprint density at radius 3 is 2.46 bits per heavy atom. The lowest BCUT2D eigenvalue weighted by atomic mass is 10.0. The van der Waals surface area contributed by atoms with Gasteiger partial charge in [0.05, 0.1) is 23.6 Å². The number of hydrogen-bond acceptors (Lipinski definition) is 3. The minimum Gasteiger partial charge on any atom is -0.491 e. The first-order valence-corrected chi connectivity index (χ1v) is 12.5. The largest absolute Gasteiger partial charge is 0.491 e. The molecule has 5 heteroatoms. The number of amides is 1. The van der Waals surface area contributed by atoms with Crippen LogP contribution in [-0.4, -0.2) is 33.5 Å². The molecule has 2 heterocycles. The number of rotatable bonds is 8. The van der Waals surface area contributed by atoms with Crippen LogP contribution in [0.25, 0.3) is 11.0 Å². The van der Waals surface area contributed by atoms with Crippen LogP contribution in [0.15, 0.2) is 78.9 Å². The highest BCUT2D eigenvalue weighted by atomic mass is 16.5. The highest BCUT2D eigenvalue weighted by molar-refractivity contribution is 5.81. The van der Waals surface area contributed by atoms with Crippen molar-refractivity contribution in [2.75, 3.05) is 13.2 Å². The van der Waals surface area contributed by atoms with Crippen molar-refractivity contribution in [2.24, 2.45) is 0 Å². The Balaban J connectivity index is 1.38. The lowest BCUT2D eigenvalue weighted by molar-refractivity contribution is -0.129. The van der Waals surface area contributed by atoms with Crippen LogP contribution >= 0.6 is 0 Å². The Morgan fingerprint density at radius 2 is 1.66 bits per heavy atom. The summed E-state index contributed by atoms with van der Waals surface area (Å²) in [6, 6.07) is 26.8. The molecule has 1 fully saturated rings. The third-order valence-corrected chi connectivity index (χ3v) is 7.07. The number of aromatic nitrogens is 2. The molecule has 0 bridgehead atoms. The van der Waals surface area contributed by atoms with Crippen molar-refractivity contribution in [3.63, 3.8) is 0 Å². The predicted octanol–water partition coefficient (Wildman–Crippen LogP) is 6.32. The van der Waals surface area contributed by atoms with Crippen molar-refractivity contribution in [3.8, 4) is 5.75 Å². The van der Waals surface area contributed by atoms with E-state index in [4.69, 9.17) is 9.72 Å². The molecule has 3 aromatic carbocycles. The zero-order valence-electron chi connectivity index (χ0n) is 20.7. The van der Waals surface area contributed by atoms with Crippen LogP contribution in [0.3, 0.4) is 0 Å². The first-order chi connectivity index (χ1) is 17.0. The van der Waals surface area contributed by atoms with E-state index in [-0.39, 0.29) is 17.9 Å². The number of imidazole rings is 1. The van der Waals surface area contributed by atoms with Gasteiger partial charge in [0, 0.05) is 18.9 Å². The molecule has 35 heavy (non-hydrogen) atoms. The first kappa shape index (κ1) is 23.2. The van der Waals surface area contributed by atoms with Gasteiger partial charge in [0.15, 0.2) is 0 Å². The van der Waals surface area contributed by atoms with Gasteiger partial charge in [-0.2, -0.15) is 0 Å². The molecule has 0 N–H and O–H groups in total. The van der Waals surface area contributed by atoms with Crippen molar-refractivity contribution < 1.29 is 9.53 Å². The normalized spacial score (nSPS) is 16.9. The lowest BCUT2D eigenvalue weighted by Gasteiger charge is -2.25. The molecular weight excluding hydrogens is 434 g/mol. The van der Waals surface area contributed by atoms with E-state index in [9.17, 15) is 4.79 Å². The maximum absolute atomic E-state index is 13.1. The van der Waals surface area contributed by atoms with Gasteiger partial charge >= 0.3 is 0 Å². The van der Waals surface area contributed by atoms with Crippen molar-refractivity contribution in [3.05, 3.63) is 95.8 Å². The minimum absolute atomic E-state index is 0.0439. The number of fused-ring (bicyclic) bond motifs is 1. The highest BCUT2D eigenvalue weighted by Crippen LogP contribution is 2.35. The molecule has 1 amide bonds. The van der Waals surface area contributed by atoms with Gasteiger partial charge in [-0.3, -0.25) is 4.79 Å². The number of ether oxygens (including phenoxy) is 1. The van der Waals surface area contributed by atoms with Crippen LogP contribution in [0.2, 0.25) is 0 Å². The fourth-order valence-electron chi connectivity index (χ4n) is 5.17. The van der Waals surface area contributed by atoms with Gasteiger partial charge in [-0.15, -0.1) is 0 Å². The summed E-state index contributed by atoms with van der Waals surface area (Å²) >= 11 is 0. The molecule has 0 saturated carbocycles. The standard InChI is InChI=1S/C30H33N3O2/c1-21(2)25-13-7-10-16-28(25)35-18-17-32-27-15-9-8-14-26(27)31-30(32)24-19-29(34)33(20-24)22(3)23-11-5-4-6-12-23/h4-16,21-22,24H,17-20H2,1-3H3. The average Bonchev–Trinajstić information content (AvgIpc) is 3.45. The maximum atomic E-state index is 13.1. The minimum atomic E-state index is 0.0439. The van der Waals surface area contributed by atoms with Gasteiger partial charge in [-0.25, -0.2) is 4.98 Å². The second-order valence-corrected chi connectivity index (χ2v) is 9.69. The Labute approximate surface area is 207 Å². The SMILES string of the molecule is CC(C)c1ccccc1OCCn1c(C2CC(=O)N(C(C)c3ccccc3)C2)nc2ccccc21. The van der Waals surface area contributed by atoms with Gasteiger partial charge in [0.2, 0.25) is 5.91 Å². The molecule has 0 aliphatic carbocycles. The summed E-state index contributed by atoms with van der Waals surface area (Å²) in [5.74, 6) is 2.56. The van der Waals surface area contributed by atoms with Crippen molar-refractivity contribution >= 4 is 16.9 Å². The van der Waals surface area contributed by atoms with Crippen molar-refractivity contribution in [2.45, 2.75) is 51.6 Å². The molecule has 1 aliphatic rings. The zero-order valence-corrected chi connectivity index (χ0v) is 20.7. The molecule has 0 radical (unpaired) electrons. The van der Waals surface area contributed by atoms with Crippen LogP contribution in [0.4, 0.5) is 0 Å². The monoisotopic (exact) mass is 467 g/mol. The van der Waals surface area contributed by atoms with Gasteiger partial charge in [0.1, 0.15) is 18.2 Å². The number of carbonyl (C=O) groups excluding carboxylic acids is 1. The number of hydrogen-bond donors (Lipinski definition) is 0. The summed E-state index contributed by atoms with van der Waals surface area (Å²) in [4.78, 5) is 20.1. The smallest absolute Gasteiger partial charge is 0.223 e. The summed E-state index contributed by atoms with van der Waals surface area (Å²) in [7, 11) is 0. The van der Waals surface area contributed by atoms with Gasteiger partial charge in [-0.1, -0.05) is 74.5 Å². The van der Waals surface area contributed by atoms with Crippen LogP contribution in [0.5, 0.6) is 5.75 Å². The summed E-state index contributed by atoms with van der Waals surface area (Å²) in [6.45, 7) is 8.38. The van der Waals surface area contributed by atoms with E-state index < -0.39 is 0 Å². The summed E-state index contributed by atoms with van der Waals surface area (Å²) in [5, 5.41) is 0. The number of benzene rings is 3.